The zero-order valence-corrected chi connectivity index (χ0v) is 9.32. The van der Waals surface area contributed by atoms with E-state index in [1.165, 1.54) is 21.3 Å². The van der Waals surface area contributed by atoms with Crippen molar-refractivity contribution in [3.05, 3.63) is 0 Å². The molecule has 1 rings (SSSR count). The highest BCUT2D eigenvalue weighted by atomic mass is 16.7. The van der Waals surface area contributed by atoms with Crippen molar-refractivity contribution < 1.29 is 34.0 Å². The highest BCUT2D eigenvalue weighted by molar-refractivity contribution is 5.73. The third-order valence-electron chi connectivity index (χ3n) is 2.54. The smallest absolute Gasteiger partial charge is 0.335 e. The Kier molecular flexibility index (Phi) is 4.63. The Morgan fingerprint density at radius 3 is 2.06 bits per heavy atom. The van der Waals surface area contributed by atoms with Crippen LogP contribution in [0, 0.1) is 0 Å². The fourth-order valence-corrected chi connectivity index (χ4v) is 1.74. The number of rotatable bonds is 4. The fourth-order valence-electron chi connectivity index (χ4n) is 1.74. The number of carboxylic acid groups (broad SMARTS) is 1. The van der Waals surface area contributed by atoms with E-state index in [1.807, 2.05) is 0 Å². The Hall–Kier alpha value is -0.730. The molecule has 0 aliphatic carbocycles. The molecule has 7 nitrogen and oxygen atoms in total. The summed E-state index contributed by atoms with van der Waals surface area (Å²) in [6.07, 6.45) is -5.08. The van der Waals surface area contributed by atoms with Crippen molar-refractivity contribution in [2.75, 3.05) is 21.3 Å². The summed E-state index contributed by atoms with van der Waals surface area (Å²) in [4.78, 5) is 10.8. The number of aliphatic carboxylic acids is 1. The molecule has 1 saturated heterocycles. The zero-order chi connectivity index (χ0) is 12.3. The molecule has 94 valence electrons. The number of methoxy groups -OCH3 is 3. The topological polar surface area (TPSA) is 94.5 Å². The molecule has 1 aliphatic rings. The van der Waals surface area contributed by atoms with Crippen molar-refractivity contribution >= 4 is 5.97 Å². The third-order valence-corrected chi connectivity index (χ3v) is 2.54. The lowest BCUT2D eigenvalue weighted by atomic mass is 9.98. The average molecular weight is 236 g/mol. The van der Waals surface area contributed by atoms with Crippen molar-refractivity contribution in [1.82, 2.24) is 0 Å². The van der Waals surface area contributed by atoms with Gasteiger partial charge in [-0.3, -0.25) is 0 Å². The summed E-state index contributed by atoms with van der Waals surface area (Å²) in [5.41, 5.74) is 0. The number of hydrogen-bond acceptors (Lipinski definition) is 6. The maximum Gasteiger partial charge on any atom is 0.335 e. The van der Waals surface area contributed by atoms with Gasteiger partial charge in [0, 0.05) is 21.3 Å². The molecule has 1 aliphatic heterocycles. The first kappa shape index (κ1) is 13.3. The van der Waals surface area contributed by atoms with Crippen molar-refractivity contribution in [2.45, 2.75) is 30.7 Å². The van der Waals surface area contributed by atoms with Crippen LogP contribution in [0.3, 0.4) is 0 Å². The van der Waals surface area contributed by atoms with E-state index in [-0.39, 0.29) is 0 Å². The van der Waals surface area contributed by atoms with Gasteiger partial charge in [-0.2, -0.15) is 0 Å². The van der Waals surface area contributed by atoms with Crippen LogP contribution < -0.4 is 0 Å². The molecule has 16 heavy (non-hydrogen) atoms. The molecule has 0 bridgehead atoms. The Balaban J connectivity index is 2.89. The van der Waals surface area contributed by atoms with Crippen LogP contribution in [0.2, 0.25) is 0 Å². The van der Waals surface area contributed by atoms with Crippen LogP contribution in [0.25, 0.3) is 0 Å². The van der Waals surface area contributed by atoms with Crippen molar-refractivity contribution in [2.24, 2.45) is 0 Å². The molecule has 2 N–H and O–H groups in total. The molecule has 5 unspecified atom stereocenters. The van der Waals surface area contributed by atoms with Gasteiger partial charge in [0.1, 0.15) is 18.3 Å². The van der Waals surface area contributed by atoms with E-state index in [1.54, 1.807) is 0 Å². The van der Waals surface area contributed by atoms with Gasteiger partial charge in [-0.15, -0.1) is 0 Å². The lowest BCUT2D eigenvalue weighted by Gasteiger charge is -2.41. The minimum atomic E-state index is -1.39. The van der Waals surface area contributed by atoms with Gasteiger partial charge in [0.2, 0.25) is 0 Å². The molecule has 0 amide bonds. The van der Waals surface area contributed by atoms with Gasteiger partial charge in [-0.1, -0.05) is 0 Å². The van der Waals surface area contributed by atoms with E-state index >= 15 is 0 Å². The van der Waals surface area contributed by atoms with Crippen LogP contribution in [0.15, 0.2) is 0 Å². The Morgan fingerprint density at radius 1 is 1.12 bits per heavy atom. The van der Waals surface area contributed by atoms with Gasteiger partial charge in [-0.25, -0.2) is 4.79 Å². The zero-order valence-electron chi connectivity index (χ0n) is 9.32. The predicted molar refractivity (Wildman–Crippen MR) is 50.9 cm³/mol. The van der Waals surface area contributed by atoms with E-state index < -0.39 is 36.7 Å². The average Bonchev–Trinajstić information content (AvgIpc) is 2.27. The second-order valence-corrected chi connectivity index (χ2v) is 3.39. The quantitative estimate of drug-likeness (QED) is 0.635. The van der Waals surface area contributed by atoms with Gasteiger partial charge in [0.25, 0.3) is 0 Å². The Bertz CT molecular complexity index is 244. The first-order valence-corrected chi connectivity index (χ1v) is 4.71. The first-order chi connectivity index (χ1) is 7.56. The molecule has 0 saturated carbocycles. The van der Waals surface area contributed by atoms with Crippen molar-refractivity contribution in [3.63, 3.8) is 0 Å². The Morgan fingerprint density at radius 2 is 1.69 bits per heavy atom. The van der Waals surface area contributed by atoms with E-state index in [2.05, 4.69) is 0 Å². The molecular weight excluding hydrogens is 220 g/mol. The van der Waals surface area contributed by atoms with E-state index in [0.29, 0.717) is 0 Å². The van der Waals surface area contributed by atoms with Crippen LogP contribution in [0.4, 0.5) is 0 Å². The van der Waals surface area contributed by atoms with Gasteiger partial charge in [-0.05, 0) is 0 Å². The molecule has 0 spiro atoms. The van der Waals surface area contributed by atoms with E-state index in [4.69, 9.17) is 24.1 Å². The highest BCUT2D eigenvalue weighted by Crippen LogP contribution is 2.25. The second kappa shape index (κ2) is 5.55. The summed E-state index contributed by atoms with van der Waals surface area (Å²) in [6.45, 7) is 0. The summed E-state index contributed by atoms with van der Waals surface area (Å²) < 4.78 is 20.1. The number of carbonyl (C=O) groups is 1. The van der Waals surface area contributed by atoms with Crippen LogP contribution in [0.1, 0.15) is 0 Å². The first-order valence-electron chi connectivity index (χ1n) is 4.71. The molecule has 0 aromatic rings. The molecule has 0 radical (unpaired) electrons. The SMILES string of the molecule is COC1OC(C(=O)O)C(O)C(OC)C1OC. The van der Waals surface area contributed by atoms with E-state index in [9.17, 15) is 9.90 Å². The molecule has 7 heteroatoms. The standard InChI is InChI=1S/C9H16O7/c1-13-5-4(10)6(8(11)12)16-9(15-3)7(5)14-2/h4-7,9-10H,1-3H3,(H,11,12). The molecule has 0 aromatic heterocycles. The summed E-state index contributed by atoms with van der Waals surface area (Å²) >= 11 is 0. The maximum atomic E-state index is 10.8. The minimum absolute atomic E-state index is 0.680. The third kappa shape index (κ3) is 2.33. The van der Waals surface area contributed by atoms with Crippen LogP contribution >= 0.6 is 0 Å². The van der Waals surface area contributed by atoms with Gasteiger partial charge in [0.15, 0.2) is 12.4 Å². The number of ether oxygens (including phenoxy) is 4. The van der Waals surface area contributed by atoms with Gasteiger partial charge >= 0.3 is 5.97 Å². The normalized spacial score (nSPS) is 39.6. The monoisotopic (exact) mass is 236 g/mol. The summed E-state index contributed by atoms with van der Waals surface area (Å²) in [5, 5.41) is 18.6. The predicted octanol–water partition coefficient (Wildman–Crippen LogP) is -1.17. The molecule has 0 aromatic carbocycles. The maximum absolute atomic E-state index is 10.8. The molecule has 5 atom stereocenters. The van der Waals surface area contributed by atoms with Crippen LogP contribution in [-0.2, 0) is 23.7 Å². The molecule has 1 heterocycles. The number of carboxylic acids is 1. The summed E-state index contributed by atoms with van der Waals surface area (Å²) in [6, 6.07) is 0. The number of aliphatic hydroxyl groups excluding tert-OH is 1. The minimum Gasteiger partial charge on any atom is -0.479 e. The van der Waals surface area contributed by atoms with E-state index in [0.717, 1.165) is 0 Å². The number of aliphatic hydroxyl groups is 1. The highest BCUT2D eigenvalue weighted by Gasteiger charge is 2.49. The summed E-state index contributed by atoms with van der Waals surface area (Å²) in [7, 11) is 4.12. The van der Waals surface area contributed by atoms with Gasteiger partial charge in [0.05, 0.1) is 0 Å². The lowest BCUT2D eigenvalue weighted by Crippen LogP contribution is -2.61. The van der Waals surface area contributed by atoms with Crippen LogP contribution in [-0.4, -0.2) is 68.2 Å². The van der Waals surface area contributed by atoms with Crippen LogP contribution in [0.5, 0.6) is 0 Å². The summed E-state index contributed by atoms with van der Waals surface area (Å²) in [5.74, 6) is -1.27. The second-order valence-electron chi connectivity index (χ2n) is 3.39. The number of hydrogen-bond donors (Lipinski definition) is 2. The largest absolute Gasteiger partial charge is 0.479 e. The fraction of sp³-hybridized carbons (Fsp3) is 0.889. The lowest BCUT2D eigenvalue weighted by molar-refractivity contribution is -0.296. The van der Waals surface area contributed by atoms with Crippen molar-refractivity contribution in [1.29, 1.82) is 0 Å². The van der Waals surface area contributed by atoms with Gasteiger partial charge < -0.3 is 29.2 Å². The molecule has 1 fully saturated rings. The molecular formula is C9H16O7. The Labute approximate surface area is 92.9 Å². The van der Waals surface area contributed by atoms with Crippen molar-refractivity contribution in [3.8, 4) is 0 Å².